The van der Waals surface area contributed by atoms with Gasteiger partial charge in [-0.15, -0.1) is 0 Å². The summed E-state index contributed by atoms with van der Waals surface area (Å²) in [6.45, 7) is 0.491. The molecular formula is C18H17BrN2O3. The van der Waals surface area contributed by atoms with Crippen molar-refractivity contribution in [3.63, 3.8) is 0 Å². The van der Waals surface area contributed by atoms with Gasteiger partial charge < -0.3 is 15.3 Å². The summed E-state index contributed by atoms with van der Waals surface area (Å²) >= 11 is 3.40. The van der Waals surface area contributed by atoms with E-state index < -0.39 is 12.0 Å². The van der Waals surface area contributed by atoms with Gasteiger partial charge in [0.05, 0.1) is 18.2 Å². The Kier molecular flexibility index (Phi) is 4.85. The minimum atomic E-state index is -0.921. The summed E-state index contributed by atoms with van der Waals surface area (Å²) in [5.41, 5.74) is 2.68. The van der Waals surface area contributed by atoms with Crippen molar-refractivity contribution < 1.29 is 14.7 Å². The van der Waals surface area contributed by atoms with E-state index in [1.165, 1.54) is 0 Å². The first-order valence-corrected chi connectivity index (χ1v) is 8.47. The number of carboxylic acid groups (broad SMARTS) is 1. The Morgan fingerprint density at radius 1 is 1.17 bits per heavy atom. The Hall–Kier alpha value is -2.34. The number of benzene rings is 2. The van der Waals surface area contributed by atoms with Crippen LogP contribution in [-0.2, 0) is 11.2 Å². The van der Waals surface area contributed by atoms with E-state index in [0.717, 1.165) is 22.0 Å². The van der Waals surface area contributed by atoms with Crippen LogP contribution in [0.4, 0.5) is 10.5 Å². The smallest absolute Gasteiger partial charge is 0.322 e. The van der Waals surface area contributed by atoms with E-state index in [1.54, 1.807) is 11.0 Å². The Balaban J connectivity index is 1.87. The Morgan fingerprint density at radius 3 is 2.62 bits per heavy atom. The van der Waals surface area contributed by atoms with E-state index in [9.17, 15) is 14.7 Å². The van der Waals surface area contributed by atoms with Crippen LogP contribution < -0.4 is 5.32 Å². The maximum atomic E-state index is 12.7. The number of carbonyl (C=O) groups is 2. The van der Waals surface area contributed by atoms with Crippen molar-refractivity contribution in [1.82, 2.24) is 4.90 Å². The number of aliphatic carboxylic acids is 1. The molecule has 1 atom stereocenters. The largest absolute Gasteiger partial charge is 0.481 e. The highest BCUT2D eigenvalue weighted by Gasteiger charge is 2.32. The summed E-state index contributed by atoms with van der Waals surface area (Å²) in [5, 5.41) is 12.1. The predicted molar refractivity (Wildman–Crippen MR) is 95.0 cm³/mol. The summed E-state index contributed by atoms with van der Waals surface area (Å²) in [7, 11) is 0. The van der Waals surface area contributed by atoms with Gasteiger partial charge in [-0.1, -0.05) is 36.4 Å². The number of para-hydroxylation sites is 1. The maximum Gasteiger partial charge on any atom is 0.322 e. The average molecular weight is 389 g/mol. The van der Waals surface area contributed by atoms with Crippen LogP contribution in [0.25, 0.3) is 0 Å². The second-order valence-corrected chi connectivity index (χ2v) is 6.52. The normalized spacial score (nSPS) is 16.4. The number of anilines is 1. The molecule has 6 heteroatoms. The Bertz CT molecular complexity index is 778. The summed E-state index contributed by atoms with van der Waals surface area (Å²) in [4.78, 5) is 25.6. The summed E-state index contributed by atoms with van der Waals surface area (Å²) in [6.07, 6.45) is 0.607. The van der Waals surface area contributed by atoms with E-state index in [0.29, 0.717) is 12.2 Å². The van der Waals surface area contributed by atoms with Crippen molar-refractivity contribution in [2.75, 3.05) is 11.9 Å². The number of nitrogens with zero attached hydrogens (tertiary/aromatic N) is 1. The van der Waals surface area contributed by atoms with Gasteiger partial charge in [0.1, 0.15) is 0 Å². The van der Waals surface area contributed by atoms with Crippen LogP contribution in [0.15, 0.2) is 53.0 Å². The molecule has 1 unspecified atom stereocenters. The predicted octanol–water partition coefficient (Wildman–Crippen LogP) is 4.06. The van der Waals surface area contributed by atoms with Crippen LogP contribution in [0, 0.1) is 0 Å². The lowest BCUT2D eigenvalue weighted by Crippen LogP contribution is -2.43. The highest BCUT2D eigenvalue weighted by molar-refractivity contribution is 9.10. The second kappa shape index (κ2) is 7.05. The maximum absolute atomic E-state index is 12.7. The van der Waals surface area contributed by atoms with E-state index in [2.05, 4.69) is 21.2 Å². The summed E-state index contributed by atoms with van der Waals surface area (Å²) in [6, 6.07) is 14.3. The molecule has 5 nitrogen and oxygen atoms in total. The van der Waals surface area contributed by atoms with Gasteiger partial charge in [-0.2, -0.15) is 0 Å². The Morgan fingerprint density at radius 2 is 1.88 bits per heavy atom. The molecule has 1 aliphatic rings. The van der Waals surface area contributed by atoms with Crippen LogP contribution in [0.3, 0.4) is 0 Å². The van der Waals surface area contributed by atoms with Crippen LogP contribution in [0.1, 0.15) is 23.6 Å². The summed E-state index contributed by atoms with van der Waals surface area (Å²) < 4.78 is 0.783. The fraction of sp³-hybridized carbons (Fsp3) is 0.222. The lowest BCUT2D eigenvalue weighted by molar-refractivity contribution is -0.138. The third-order valence-corrected chi connectivity index (χ3v) is 4.85. The third kappa shape index (κ3) is 3.43. The van der Waals surface area contributed by atoms with E-state index >= 15 is 0 Å². The zero-order valence-electron chi connectivity index (χ0n) is 12.9. The van der Waals surface area contributed by atoms with Crippen LogP contribution >= 0.6 is 15.9 Å². The zero-order valence-corrected chi connectivity index (χ0v) is 14.5. The van der Waals surface area contributed by atoms with Gasteiger partial charge >= 0.3 is 12.0 Å². The molecule has 3 rings (SSSR count). The van der Waals surface area contributed by atoms with Crippen molar-refractivity contribution >= 4 is 33.6 Å². The lowest BCUT2D eigenvalue weighted by atomic mass is 9.91. The number of carbonyl (C=O) groups excluding carboxylic acids is 1. The molecule has 2 amide bonds. The van der Waals surface area contributed by atoms with E-state index in [-0.39, 0.29) is 12.5 Å². The number of urea groups is 1. The number of hydrogen-bond acceptors (Lipinski definition) is 2. The van der Waals surface area contributed by atoms with Gasteiger partial charge in [-0.25, -0.2) is 4.79 Å². The zero-order chi connectivity index (χ0) is 17.1. The van der Waals surface area contributed by atoms with Gasteiger partial charge in [0, 0.05) is 11.0 Å². The number of rotatable bonds is 3. The molecule has 24 heavy (non-hydrogen) atoms. The third-order valence-electron chi connectivity index (χ3n) is 4.16. The van der Waals surface area contributed by atoms with Crippen molar-refractivity contribution in [2.45, 2.75) is 18.9 Å². The molecule has 1 heterocycles. The molecule has 2 aromatic rings. The molecule has 0 spiro atoms. The number of halogens is 1. The molecule has 0 bridgehead atoms. The monoisotopic (exact) mass is 388 g/mol. The molecule has 0 fully saturated rings. The van der Waals surface area contributed by atoms with Gasteiger partial charge in [0.2, 0.25) is 0 Å². The standard InChI is InChI=1S/C18H17BrN2O3/c19-14-7-3-4-8-15(14)20-18(24)21-10-9-12-5-1-2-6-13(12)16(21)11-17(22)23/h1-8,16H,9-11H2,(H,20,24)(H,22,23). The van der Waals surface area contributed by atoms with Gasteiger partial charge in [0.15, 0.2) is 0 Å². The first kappa shape index (κ1) is 16.5. The number of carboxylic acids is 1. The van der Waals surface area contributed by atoms with E-state index in [4.69, 9.17) is 0 Å². The molecule has 0 aliphatic carbocycles. The fourth-order valence-corrected chi connectivity index (χ4v) is 3.41. The van der Waals surface area contributed by atoms with Crippen molar-refractivity contribution in [3.8, 4) is 0 Å². The molecule has 2 N–H and O–H groups in total. The second-order valence-electron chi connectivity index (χ2n) is 5.67. The molecule has 0 radical (unpaired) electrons. The number of nitrogens with one attached hydrogen (secondary N) is 1. The minimum Gasteiger partial charge on any atom is -0.481 e. The quantitative estimate of drug-likeness (QED) is 0.832. The van der Waals surface area contributed by atoms with Crippen molar-refractivity contribution in [2.24, 2.45) is 0 Å². The molecule has 0 saturated heterocycles. The molecule has 1 aliphatic heterocycles. The van der Waals surface area contributed by atoms with Crippen molar-refractivity contribution in [3.05, 3.63) is 64.1 Å². The topological polar surface area (TPSA) is 69.6 Å². The first-order valence-electron chi connectivity index (χ1n) is 7.68. The van der Waals surface area contributed by atoms with Crippen LogP contribution in [0.5, 0.6) is 0 Å². The molecule has 124 valence electrons. The first-order chi connectivity index (χ1) is 11.6. The van der Waals surface area contributed by atoms with E-state index in [1.807, 2.05) is 42.5 Å². The number of fused-ring (bicyclic) bond motifs is 1. The molecule has 2 aromatic carbocycles. The summed E-state index contributed by atoms with van der Waals surface area (Å²) in [5.74, 6) is -0.921. The van der Waals surface area contributed by atoms with Gasteiger partial charge in [0.25, 0.3) is 0 Å². The highest BCUT2D eigenvalue weighted by Crippen LogP contribution is 2.33. The molecule has 0 aromatic heterocycles. The molecule has 0 saturated carbocycles. The van der Waals surface area contributed by atoms with Gasteiger partial charge in [-0.3, -0.25) is 4.79 Å². The van der Waals surface area contributed by atoms with Gasteiger partial charge in [-0.05, 0) is 45.6 Å². The van der Waals surface area contributed by atoms with Crippen LogP contribution in [-0.4, -0.2) is 28.6 Å². The Labute approximate surface area is 148 Å². The van der Waals surface area contributed by atoms with Crippen LogP contribution in [0.2, 0.25) is 0 Å². The number of hydrogen-bond donors (Lipinski definition) is 2. The lowest BCUT2D eigenvalue weighted by Gasteiger charge is -2.36. The SMILES string of the molecule is O=C(O)CC1c2ccccc2CCN1C(=O)Nc1ccccc1Br. The molecular weight excluding hydrogens is 372 g/mol. The minimum absolute atomic E-state index is 0.111. The highest BCUT2D eigenvalue weighted by atomic mass is 79.9. The average Bonchev–Trinajstić information content (AvgIpc) is 2.56. The van der Waals surface area contributed by atoms with Crippen molar-refractivity contribution in [1.29, 1.82) is 0 Å². The fourth-order valence-electron chi connectivity index (χ4n) is 3.03. The number of amides is 2.